The van der Waals surface area contributed by atoms with Crippen molar-refractivity contribution in [1.82, 2.24) is 13.9 Å². The molecule has 0 aromatic heterocycles. The van der Waals surface area contributed by atoms with E-state index in [-0.39, 0.29) is 0 Å². The molecule has 2 aliphatic rings. The van der Waals surface area contributed by atoms with Gasteiger partial charge in [0.2, 0.25) is 0 Å². The van der Waals surface area contributed by atoms with Gasteiger partial charge >= 0.3 is 0 Å². The maximum absolute atomic E-state index is 12.0. The molecular weight excluding hydrogens is 226 g/mol. The Hall–Kier alpha value is -0.170. The topological polar surface area (TPSA) is 52.7 Å². The maximum atomic E-state index is 12.0. The highest BCUT2D eigenvalue weighted by molar-refractivity contribution is 7.86. The first-order chi connectivity index (χ1) is 7.51. The number of hydrogen-bond acceptors (Lipinski definition) is 3. The highest BCUT2D eigenvalue weighted by atomic mass is 32.2. The predicted molar refractivity (Wildman–Crippen MR) is 63.3 cm³/mol. The number of hydrogen-bond donors (Lipinski definition) is 1. The molecule has 0 saturated carbocycles. The lowest BCUT2D eigenvalue weighted by molar-refractivity contribution is 0.403. The van der Waals surface area contributed by atoms with E-state index in [4.69, 9.17) is 0 Å². The standard InChI is InChI=1S/C10H21N3O2S/c1-12(2)16(14,15)13-7-9-5-3-4-6-11-10(9)8-13/h9-11H,3-8H2,1-2H3/t9-,10+/m0/s1. The lowest BCUT2D eigenvalue weighted by atomic mass is 9.99. The minimum absolute atomic E-state index is 0.359. The van der Waals surface area contributed by atoms with Crippen LogP contribution in [-0.2, 0) is 10.2 Å². The van der Waals surface area contributed by atoms with Crippen LogP contribution >= 0.6 is 0 Å². The lowest BCUT2D eigenvalue weighted by Gasteiger charge is -2.21. The van der Waals surface area contributed by atoms with Crippen LogP contribution in [0.25, 0.3) is 0 Å². The van der Waals surface area contributed by atoms with E-state index >= 15 is 0 Å². The SMILES string of the molecule is CN(C)S(=O)(=O)N1C[C@@H]2CCCCN[C@@H]2C1. The van der Waals surface area contributed by atoms with E-state index in [0.717, 1.165) is 13.0 Å². The largest absolute Gasteiger partial charge is 0.312 e. The van der Waals surface area contributed by atoms with Crippen LogP contribution < -0.4 is 5.32 Å². The Bertz CT molecular complexity index is 328. The Labute approximate surface area is 98.0 Å². The van der Waals surface area contributed by atoms with Crippen LogP contribution in [0.3, 0.4) is 0 Å². The van der Waals surface area contributed by atoms with E-state index < -0.39 is 10.2 Å². The summed E-state index contributed by atoms with van der Waals surface area (Å²) in [6.07, 6.45) is 3.58. The summed E-state index contributed by atoms with van der Waals surface area (Å²) >= 11 is 0. The quantitative estimate of drug-likeness (QED) is 0.739. The maximum Gasteiger partial charge on any atom is 0.281 e. The van der Waals surface area contributed by atoms with E-state index in [1.54, 1.807) is 18.4 Å². The Morgan fingerprint density at radius 2 is 2.00 bits per heavy atom. The second-order valence-corrected chi connectivity index (χ2v) is 7.07. The zero-order chi connectivity index (χ0) is 11.8. The van der Waals surface area contributed by atoms with Crippen LogP contribution in [0.1, 0.15) is 19.3 Å². The van der Waals surface area contributed by atoms with E-state index in [1.165, 1.54) is 17.1 Å². The summed E-state index contributed by atoms with van der Waals surface area (Å²) in [6.45, 7) is 2.33. The predicted octanol–water partition coefficient (Wildman–Crippen LogP) is -0.133. The van der Waals surface area contributed by atoms with Gasteiger partial charge in [-0.05, 0) is 25.3 Å². The van der Waals surface area contributed by atoms with Gasteiger partial charge in [0, 0.05) is 33.2 Å². The van der Waals surface area contributed by atoms with Gasteiger partial charge in [0.25, 0.3) is 10.2 Å². The molecule has 6 heteroatoms. The molecule has 2 saturated heterocycles. The molecule has 0 unspecified atom stereocenters. The molecule has 0 radical (unpaired) electrons. The van der Waals surface area contributed by atoms with Gasteiger partial charge in [0.05, 0.1) is 0 Å². The average Bonchev–Trinajstić information content (AvgIpc) is 2.51. The van der Waals surface area contributed by atoms with Crippen molar-refractivity contribution in [3.05, 3.63) is 0 Å². The van der Waals surface area contributed by atoms with Gasteiger partial charge in [-0.15, -0.1) is 0 Å². The van der Waals surface area contributed by atoms with Crippen LogP contribution in [0.5, 0.6) is 0 Å². The fourth-order valence-electron chi connectivity index (χ4n) is 2.59. The lowest BCUT2D eigenvalue weighted by Crippen LogP contribution is -2.41. The number of rotatable bonds is 2. The van der Waals surface area contributed by atoms with Gasteiger partial charge in [-0.1, -0.05) is 6.42 Å². The highest BCUT2D eigenvalue weighted by Crippen LogP contribution is 2.27. The van der Waals surface area contributed by atoms with Gasteiger partial charge < -0.3 is 5.32 Å². The first kappa shape index (κ1) is 12.3. The Morgan fingerprint density at radius 3 is 2.69 bits per heavy atom. The molecule has 16 heavy (non-hydrogen) atoms. The van der Waals surface area contributed by atoms with Crippen molar-refractivity contribution in [1.29, 1.82) is 0 Å². The molecule has 5 nitrogen and oxygen atoms in total. The van der Waals surface area contributed by atoms with Crippen molar-refractivity contribution >= 4 is 10.2 Å². The molecule has 2 rings (SSSR count). The summed E-state index contributed by atoms with van der Waals surface area (Å²) in [4.78, 5) is 0. The van der Waals surface area contributed by atoms with E-state index in [0.29, 0.717) is 25.0 Å². The molecule has 1 N–H and O–H groups in total. The van der Waals surface area contributed by atoms with Crippen LogP contribution in [0, 0.1) is 5.92 Å². The van der Waals surface area contributed by atoms with Crippen molar-refractivity contribution in [3.63, 3.8) is 0 Å². The second kappa shape index (κ2) is 4.60. The van der Waals surface area contributed by atoms with Crippen molar-refractivity contribution in [2.75, 3.05) is 33.7 Å². The van der Waals surface area contributed by atoms with Crippen molar-refractivity contribution < 1.29 is 8.42 Å². The summed E-state index contributed by atoms with van der Waals surface area (Å²) in [5.74, 6) is 0.497. The summed E-state index contributed by atoms with van der Waals surface area (Å²) < 4.78 is 26.9. The Kier molecular flexibility index (Phi) is 3.53. The van der Waals surface area contributed by atoms with Crippen LogP contribution in [0.15, 0.2) is 0 Å². The zero-order valence-corrected chi connectivity index (χ0v) is 10.8. The number of nitrogens with zero attached hydrogens (tertiary/aromatic N) is 2. The van der Waals surface area contributed by atoms with Crippen molar-refractivity contribution in [2.45, 2.75) is 25.3 Å². The van der Waals surface area contributed by atoms with E-state index in [2.05, 4.69) is 5.32 Å². The third kappa shape index (κ3) is 2.25. The smallest absolute Gasteiger partial charge is 0.281 e. The molecule has 2 atom stereocenters. The van der Waals surface area contributed by atoms with Crippen molar-refractivity contribution in [2.24, 2.45) is 5.92 Å². The Balaban J connectivity index is 2.07. The Morgan fingerprint density at radius 1 is 1.25 bits per heavy atom. The second-order valence-electron chi connectivity index (χ2n) is 4.92. The fraction of sp³-hybridized carbons (Fsp3) is 1.00. The summed E-state index contributed by atoms with van der Waals surface area (Å²) in [5, 5.41) is 3.46. The molecule has 0 spiro atoms. The summed E-state index contributed by atoms with van der Waals surface area (Å²) in [7, 11) is -0.0317. The minimum atomic E-state index is -3.22. The third-order valence-electron chi connectivity index (χ3n) is 3.60. The van der Waals surface area contributed by atoms with Crippen LogP contribution in [0.4, 0.5) is 0 Å². The van der Waals surface area contributed by atoms with E-state index in [9.17, 15) is 8.42 Å². The molecule has 0 aliphatic carbocycles. The van der Waals surface area contributed by atoms with Gasteiger partial charge in [-0.3, -0.25) is 0 Å². The van der Waals surface area contributed by atoms with Crippen LogP contribution in [0.2, 0.25) is 0 Å². The van der Waals surface area contributed by atoms with Gasteiger partial charge in [-0.25, -0.2) is 0 Å². The monoisotopic (exact) mass is 247 g/mol. The van der Waals surface area contributed by atoms with E-state index in [1.807, 2.05) is 0 Å². The van der Waals surface area contributed by atoms with Gasteiger partial charge in [0.15, 0.2) is 0 Å². The molecule has 2 heterocycles. The third-order valence-corrected chi connectivity index (χ3v) is 5.48. The summed E-state index contributed by atoms with van der Waals surface area (Å²) in [5.41, 5.74) is 0. The minimum Gasteiger partial charge on any atom is -0.312 e. The molecule has 0 aromatic carbocycles. The van der Waals surface area contributed by atoms with Crippen LogP contribution in [-0.4, -0.2) is 56.8 Å². The van der Waals surface area contributed by atoms with Crippen molar-refractivity contribution in [3.8, 4) is 0 Å². The number of nitrogens with one attached hydrogen (secondary N) is 1. The molecular formula is C10H21N3O2S. The molecule has 2 aliphatic heterocycles. The van der Waals surface area contributed by atoms with Gasteiger partial charge in [0.1, 0.15) is 0 Å². The molecule has 2 fully saturated rings. The molecule has 94 valence electrons. The molecule has 0 aromatic rings. The summed E-state index contributed by atoms with van der Waals surface area (Å²) in [6, 6.07) is 0.359. The first-order valence-corrected chi connectivity index (χ1v) is 7.32. The average molecular weight is 247 g/mol. The molecule has 0 amide bonds. The zero-order valence-electron chi connectivity index (χ0n) is 10.0. The normalized spacial score (nSPS) is 32.7. The highest BCUT2D eigenvalue weighted by Gasteiger charge is 2.39. The fourth-order valence-corrected chi connectivity index (χ4v) is 3.78. The first-order valence-electron chi connectivity index (χ1n) is 5.93. The molecule has 0 bridgehead atoms. The number of fused-ring (bicyclic) bond motifs is 1. The van der Waals surface area contributed by atoms with Gasteiger partial charge in [-0.2, -0.15) is 17.0 Å².